The molecule has 0 saturated carbocycles. The van der Waals surface area contributed by atoms with E-state index in [0.717, 1.165) is 13.1 Å². The first kappa shape index (κ1) is 8.23. The summed E-state index contributed by atoms with van der Waals surface area (Å²) in [6.45, 7) is 3.35. The molecule has 0 radical (unpaired) electrons. The topological polar surface area (TPSA) is 29.3 Å². The SMILES string of the molecule is NC1CN(CCc2ccsc2)C1. The Bertz CT molecular complexity index is 227. The van der Waals surface area contributed by atoms with Crippen LogP contribution in [0.3, 0.4) is 0 Å². The van der Waals surface area contributed by atoms with Crippen molar-refractivity contribution < 1.29 is 0 Å². The first-order valence-corrected chi connectivity index (χ1v) is 5.28. The number of rotatable bonds is 3. The molecule has 0 amide bonds. The maximum Gasteiger partial charge on any atom is 0.0297 e. The van der Waals surface area contributed by atoms with Gasteiger partial charge >= 0.3 is 0 Å². The normalized spacial score (nSPS) is 19.4. The zero-order chi connectivity index (χ0) is 8.39. The van der Waals surface area contributed by atoms with Crippen molar-refractivity contribution in [2.45, 2.75) is 12.5 Å². The highest BCUT2D eigenvalue weighted by Gasteiger charge is 2.21. The third-order valence-corrected chi connectivity index (χ3v) is 3.01. The monoisotopic (exact) mass is 182 g/mol. The molecule has 1 fully saturated rings. The van der Waals surface area contributed by atoms with Crippen molar-refractivity contribution >= 4 is 11.3 Å². The van der Waals surface area contributed by atoms with E-state index in [2.05, 4.69) is 21.7 Å². The number of thiophene rings is 1. The number of hydrogen-bond donors (Lipinski definition) is 1. The quantitative estimate of drug-likeness (QED) is 0.753. The van der Waals surface area contributed by atoms with Crippen LogP contribution in [-0.4, -0.2) is 30.6 Å². The van der Waals surface area contributed by atoms with E-state index in [1.165, 1.54) is 18.5 Å². The van der Waals surface area contributed by atoms with Gasteiger partial charge in [-0.1, -0.05) is 0 Å². The van der Waals surface area contributed by atoms with Crippen LogP contribution in [0.25, 0.3) is 0 Å². The lowest BCUT2D eigenvalue weighted by molar-refractivity contribution is 0.153. The lowest BCUT2D eigenvalue weighted by atomic mass is 10.1. The molecule has 0 spiro atoms. The average molecular weight is 182 g/mol. The van der Waals surface area contributed by atoms with Gasteiger partial charge in [-0.05, 0) is 28.8 Å². The molecule has 0 unspecified atom stereocenters. The van der Waals surface area contributed by atoms with Gasteiger partial charge < -0.3 is 5.73 Å². The van der Waals surface area contributed by atoms with Crippen molar-refractivity contribution in [2.75, 3.05) is 19.6 Å². The maximum absolute atomic E-state index is 5.68. The summed E-state index contributed by atoms with van der Waals surface area (Å²) in [5.41, 5.74) is 7.14. The molecule has 66 valence electrons. The van der Waals surface area contributed by atoms with Crippen LogP contribution in [0.15, 0.2) is 16.8 Å². The highest BCUT2D eigenvalue weighted by atomic mass is 32.1. The van der Waals surface area contributed by atoms with Crippen LogP contribution >= 0.6 is 11.3 Å². The smallest absolute Gasteiger partial charge is 0.0297 e. The average Bonchev–Trinajstić information content (AvgIpc) is 2.47. The summed E-state index contributed by atoms with van der Waals surface area (Å²) >= 11 is 1.77. The summed E-state index contributed by atoms with van der Waals surface area (Å²) in [6, 6.07) is 2.64. The van der Waals surface area contributed by atoms with Gasteiger partial charge in [0.25, 0.3) is 0 Å². The zero-order valence-electron chi connectivity index (χ0n) is 7.07. The molecule has 1 saturated heterocycles. The molecule has 1 aliphatic rings. The summed E-state index contributed by atoms with van der Waals surface area (Å²) < 4.78 is 0. The number of nitrogens with zero attached hydrogens (tertiary/aromatic N) is 1. The zero-order valence-corrected chi connectivity index (χ0v) is 7.89. The number of hydrogen-bond acceptors (Lipinski definition) is 3. The highest BCUT2D eigenvalue weighted by molar-refractivity contribution is 7.07. The van der Waals surface area contributed by atoms with Crippen LogP contribution in [0.2, 0.25) is 0 Å². The maximum atomic E-state index is 5.68. The molecule has 0 bridgehead atoms. The summed E-state index contributed by atoms with van der Waals surface area (Å²) in [5, 5.41) is 4.36. The Labute approximate surface area is 77.0 Å². The van der Waals surface area contributed by atoms with E-state index < -0.39 is 0 Å². The van der Waals surface area contributed by atoms with Gasteiger partial charge in [-0.2, -0.15) is 11.3 Å². The van der Waals surface area contributed by atoms with E-state index in [1.54, 1.807) is 11.3 Å². The fourth-order valence-corrected chi connectivity index (χ4v) is 2.22. The standard InChI is InChI=1S/C9H14N2S/c10-9-5-11(6-9)3-1-8-2-4-12-7-8/h2,4,7,9H,1,3,5-6,10H2. The summed E-state index contributed by atoms with van der Waals surface area (Å²) in [5.74, 6) is 0. The van der Waals surface area contributed by atoms with Gasteiger partial charge in [0.2, 0.25) is 0 Å². The molecule has 1 aromatic rings. The molecule has 1 aliphatic heterocycles. The second-order valence-electron chi connectivity index (χ2n) is 3.40. The lowest BCUT2D eigenvalue weighted by Gasteiger charge is -2.36. The van der Waals surface area contributed by atoms with Crippen LogP contribution in [0.4, 0.5) is 0 Å². The molecule has 2 nitrogen and oxygen atoms in total. The molecule has 3 heteroatoms. The van der Waals surface area contributed by atoms with Crippen LogP contribution in [0.5, 0.6) is 0 Å². The van der Waals surface area contributed by atoms with E-state index in [9.17, 15) is 0 Å². The summed E-state index contributed by atoms with van der Waals surface area (Å²) in [6.07, 6.45) is 1.18. The second-order valence-corrected chi connectivity index (χ2v) is 4.18. The van der Waals surface area contributed by atoms with Gasteiger partial charge in [-0.15, -0.1) is 0 Å². The predicted molar refractivity (Wildman–Crippen MR) is 52.4 cm³/mol. The Morgan fingerprint density at radius 3 is 3.00 bits per heavy atom. The molecule has 2 rings (SSSR count). The van der Waals surface area contributed by atoms with E-state index >= 15 is 0 Å². The van der Waals surface area contributed by atoms with Crippen molar-refractivity contribution in [3.63, 3.8) is 0 Å². The van der Waals surface area contributed by atoms with E-state index in [-0.39, 0.29) is 0 Å². The van der Waals surface area contributed by atoms with E-state index in [0.29, 0.717) is 6.04 Å². The Balaban J connectivity index is 1.70. The van der Waals surface area contributed by atoms with Gasteiger partial charge in [-0.3, -0.25) is 4.90 Å². The fraction of sp³-hybridized carbons (Fsp3) is 0.556. The molecule has 2 heterocycles. The minimum atomic E-state index is 0.437. The van der Waals surface area contributed by atoms with Gasteiger partial charge in [0, 0.05) is 25.7 Å². The van der Waals surface area contributed by atoms with Crippen molar-refractivity contribution in [1.82, 2.24) is 4.90 Å². The highest BCUT2D eigenvalue weighted by Crippen LogP contribution is 2.10. The summed E-state index contributed by atoms with van der Waals surface area (Å²) in [7, 11) is 0. The van der Waals surface area contributed by atoms with E-state index in [4.69, 9.17) is 5.73 Å². The number of likely N-dealkylation sites (tertiary alicyclic amines) is 1. The third kappa shape index (κ3) is 1.86. The number of nitrogens with two attached hydrogens (primary N) is 1. The molecule has 0 aromatic carbocycles. The Kier molecular flexibility index (Phi) is 2.44. The molecule has 1 aromatic heterocycles. The van der Waals surface area contributed by atoms with Crippen molar-refractivity contribution in [2.24, 2.45) is 5.73 Å². The molecular weight excluding hydrogens is 168 g/mol. The Morgan fingerprint density at radius 1 is 1.58 bits per heavy atom. The van der Waals surface area contributed by atoms with Gasteiger partial charge in [-0.25, -0.2) is 0 Å². The largest absolute Gasteiger partial charge is 0.325 e. The minimum Gasteiger partial charge on any atom is -0.325 e. The first-order chi connectivity index (χ1) is 5.84. The minimum absolute atomic E-state index is 0.437. The Morgan fingerprint density at radius 2 is 2.42 bits per heavy atom. The molecule has 2 N–H and O–H groups in total. The lowest BCUT2D eigenvalue weighted by Crippen LogP contribution is -2.55. The van der Waals surface area contributed by atoms with Gasteiger partial charge in [0.05, 0.1) is 0 Å². The van der Waals surface area contributed by atoms with E-state index in [1.807, 2.05) is 0 Å². The first-order valence-electron chi connectivity index (χ1n) is 4.33. The molecule has 12 heavy (non-hydrogen) atoms. The molecule has 0 atom stereocenters. The van der Waals surface area contributed by atoms with Crippen molar-refractivity contribution in [3.05, 3.63) is 22.4 Å². The Hall–Kier alpha value is -0.380. The van der Waals surface area contributed by atoms with Crippen molar-refractivity contribution in [1.29, 1.82) is 0 Å². The third-order valence-electron chi connectivity index (χ3n) is 2.28. The van der Waals surface area contributed by atoms with Crippen molar-refractivity contribution in [3.8, 4) is 0 Å². The van der Waals surface area contributed by atoms with Crippen LogP contribution in [-0.2, 0) is 6.42 Å². The molecule has 0 aliphatic carbocycles. The van der Waals surface area contributed by atoms with Crippen LogP contribution in [0.1, 0.15) is 5.56 Å². The van der Waals surface area contributed by atoms with Gasteiger partial charge in [0.1, 0.15) is 0 Å². The predicted octanol–water partition coefficient (Wildman–Crippen LogP) is 0.933. The molecular formula is C9H14N2S. The van der Waals surface area contributed by atoms with Crippen LogP contribution in [0, 0.1) is 0 Å². The second kappa shape index (κ2) is 3.56. The van der Waals surface area contributed by atoms with Crippen LogP contribution < -0.4 is 5.73 Å². The summed E-state index contributed by atoms with van der Waals surface area (Å²) in [4.78, 5) is 2.41. The van der Waals surface area contributed by atoms with Gasteiger partial charge in [0.15, 0.2) is 0 Å². The fourth-order valence-electron chi connectivity index (χ4n) is 1.51.